The van der Waals surface area contributed by atoms with Gasteiger partial charge in [0.05, 0.1) is 24.6 Å². The lowest BCUT2D eigenvalue weighted by Gasteiger charge is -2.08. The van der Waals surface area contributed by atoms with Crippen LogP contribution in [0.2, 0.25) is 5.02 Å². The summed E-state index contributed by atoms with van der Waals surface area (Å²) in [6.07, 6.45) is 1.46. The lowest BCUT2D eigenvalue weighted by molar-refractivity contribution is 0.397. The summed E-state index contributed by atoms with van der Waals surface area (Å²) in [6, 6.07) is 5.17. The van der Waals surface area contributed by atoms with E-state index in [-0.39, 0.29) is 28.4 Å². The number of benzene rings is 1. The van der Waals surface area contributed by atoms with Crippen LogP contribution in [0.15, 0.2) is 40.1 Å². The monoisotopic (exact) mass is 335 g/mol. The van der Waals surface area contributed by atoms with E-state index in [1.807, 2.05) is 0 Å². The highest BCUT2D eigenvalue weighted by Gasteiger charge is 2.10. The fraction of sp³-hybridized carbons (Fsp3) is 0.133. The van der Waals surface area contributed by atoms with Crippen LogP contribution in [0.5, 0.6) is 5.88 Å². The SMILES string of the molecule is COc1ncc(Cn2c(=O)[nH]c3cc(F)ccc3c2=O)cc1Cl. The zero-order valence-corrected chi connectivity index (χ0v) is 12.7. The molecule has 3 rings (SSSR count). The molecule has 8 heteroatoms. The number of hydrogen-bond donors (Lipinski definition) is 1. The third-order valence-corrected chi connectivity index (χ3v) is 3.61. The maximum absolute atomic E-state index is 13.2. The van der Waals surface area contributed by atoms with Crippen LogP contribution < -0.4 is 16.0 Å². The highest BCUT2D eigenvalue weighted by molar-refractivity contribution is 6.31. The third-order valence-electron chi connectivity index (χ3n) is 3.34. The average Bonchev–Trinajstić information content (AvgIpc) is 2.51. The molecule has 2 aromatic heterocycles. The van der Waals surface area contributed by atoms with Gasteiger partial charge in [-0.05, 0) is 29.8 Å². The molecular formula is C15H11ClFN3O3. The molecule has 0 aliphatic rings. The number of aromatic amines is 1. The number of rotatable bonds is 3. The van der Waals surface area contributed by atoms with E-state index in [1.54, 1.807) is 6.07 Å². The molecule has 0 saturated carbocycles. The second-order valence-corrected chi connectivity index (χ2v) is 5.25. The first-order chi connectivity index (χ1) is 11.0. The molecule has 0 saturated heterocycles. The molecule has 118 valence electrons. The van der Waals surface area contributed by atoms with Gasteiger partial charge in [-0.25, -0.2) is 14.2 Å². The molecule has 0 spiro atoms. The zero-order valence-electron chi connectivity index (χ0n) is 12.0. The van der Waals surface area contributed by atoms with E-state index in [4.69, 9.17) is 16.3 Å². The Morgan fingerprint density at radius 3 is 2.83 bits per heavy atom. The molecule has 0 amide bonds. The van der Waals surface area contributed by atoms with Crippen molar-refractivity contribution in [1.82, 2.24) is 14.5 Å². The van der Waals surface area contributed by atoms with Gasteiger partial charge in [0.1, 0.15) is 10.8 Å². The number of fused-ring (bicyclic) bond motifs is 1. The average molecular weight is 336 g/mol. The lowest BCUT2D eigenvalue weighted by atomic mass is 10.2. The van der Waals surface area contributed by atoms with Crippen molar-refractivity contribution in [3.63, 3.8) is 0 Å². The number of nitrogens with zero attached hydrogens (tertiary/aromatic N) is 2. The molecule has 1 N–H and O–H groups in total. The number of hydrogen-bond acceptors (Lipinski definition) is 4. The summed E-state index contributed by atoms with van der Waals surface area (Å²) in [6.45, 7) is -0.0157. The van der Waals surface area contributed by atoms with Crippen molar-refractivity contribution in [2.75, 3.05) is 7.11 Å². The molecule has 23 heavy (non-hydrogen) atoms. The van der Waals surface area contributed by atoms with Crippen molar-refractivity contribution in [1.29, 1.82) is 0 Å². The van der Waals surface area contributed by atoms with Gasteiger partial charge in [0.15, 0.2) is 0 Å². The Labute approximate surface area is 134 Å². The second-order valence-electron chi connectivity index (χ2n) is 4.85. The lowest BCUT2D eigenvalue weighted by Crippen LogP contribution is -2.35. The first kappa shape index (κ1) is 15.2. The van der Waals surface area contributed by atoms with Gasteiger partial charge < -0.3 is 9.72 Å². The molecule has 1 aromatic carbocycles. The fourth-order valence-electron chi connectivity index (χ4n) is 2.25. The maximum Gasteiger partial charge on any atom is 0.329 e. The van der Waals surface area contributed by atoms with E-state index < -0.39 is 17.1 Å². The minimum Gasteiger partial charge on any atom is -0.480 e. The van der Waals surface area contributed by atoms with Crippen LogP contribution in [0.25, 0.3) is 10.9 Å². The predicted molar refractivity (Wildman–Crippen MR) is 83.7 cm³/mol. The molecule has 3 aromatic rings. The van der Waals surface area contributed by atoms with Gasteiger partial charge >= 0.3 is 5.69 Å². The molecule has 0 radical (unpaired) electrons. The number of pyridine rings is 1. The standard InChI is InChI=1S/C15H11ClFN3O3/c1-23-13-11(16)4-8(6-18-13)7-20-14(21)10-3-2-9(17)5-12(10)19-15(20)22/h2-6H,7H2,1H3,(H,19,22). The van der Waals surface area contributed by atoms with Crippen LogP contribution in [-0.4, -0.2) is 21.6 Å². The molecule has 0 atom stereocenters. The topological polar surface area (TPSA) is 77.0 Å². The number of aromatic nitrogens is 3. The van der Waals surface area contributed by atoms with Crippen LogP contribution in [-0.2, 0) is 6.54 Å². The van der Waals surface area contributed by atoms with Crippen molar-refractivity contribution in [3.8, 4) is 5.88 Å². The van der Waals surface area contributed by atoms with Gasteiger partial charge in [0.2, 0.25) is 5.88 Å². The molecule has 0 aliphatic carbocycles. The van der Waals surface area contributed by atoms with E-state index in [1.165, 1.54) is 19.4 Å². The summed E-state index contributed by atoms with van der Waals surface area (Å²) in [5.41, 5.74) is -0.442. The summed E-state index contributed by atoms with van der Waals surface area (Å²) in [7, 11) is 1.44. The van der Waals surface area contributed by atoms with E-state index in [2.05, 4.69) is 9.97 Å². The first-order valence-corrected chi connectivity index (χ1v) is 6.98. The molecule has 2 heterocycles. The van der Waals surface area contributed by atoms with Crippen LogP contribution >= 0.6 is 11.6 Å². The Balaban J connectivity index is 2.10. The summed E-state index contributed by atoms with van der Waals surface area (Å²) in [4.78, 5) is 31.0. The van der Waals surface area contributed by atoms with Crippen LogP contribution in [0, 0.1) is 5.82 Å². The van der Waals surface area contributed by atoms with Crippen molar-refractivity contribution < 1.29 is 9.13 Å². The van der Waals surface area contributed by atoms with E-state index in [0.29, 0.717) is 5.56 Å². The summed E-state index contributed by atoms with van der Waals surface area (Å²) >= 11 is 5.99. The van der Waals surface area contributed by atoms with Crippen molar-refractivity contribution >= 4 is 22.5 Å². The van der Waals surface area contributed by atoms with Gasteiger partial charge in [-0.1, -0.05) is 11.6 Å². The van der Waals surface area contributed by atoms with Crippen molar-refractivity contribution in [3.05, 3.63) is 67.7 Å². The molecule has 0 aliphatic heterocycles. The Bertz CT molecular complexity index is 1010. The molecule has 0 fully saturated rings. The van der Waals surface area contributed by atoms with E-state index >= 15 is 0 Å². The normalized spacial score (nSPS) is 10.9. The minimum atomic E-state index is -0.639. The van der Waals surface area contributed by atoms with E-state index in [9.17, 15) is 14.0 Å². The summed E-state index contributed by atoms with van der Waals surface area (Å²) in [5, 5.41) is 0.496. The summed E-state index contributed by atoms with van der Waals surface area (Å²) in [5.74, 6) is -0.276. The highest BCUT2D eigenvalue weighted by atomic mass is 35.5. The Kier molecular flexibility index (Phi) is 3.87. The van der Waals surface area contributed by atoms with Gasteiger partial charge in [0.25, 0.3) is 5.56 Å². The number of ether oxygens (including phenoxy) is 1. The Morgan fingerprint density at radius 2 is 2.13 bits per heavy atom. The third kappa shape index (κ3) is 2.83. The smallest absolute Gasteiger partial charge is 0.329 e. The van der Waals surface area contributed by atoms with Crippen LogP contribution in [0.1, 0.15) is 5.56 Å². The van der Waals surface area contributed by atoms with Gasteiger partial charge in [-0.3, -0.25) is 9.36 Å². The largest absolute Gasteiger partial charge is 0.480 e. The number of methoxy groups -OCH3 is 1. The number of H-pyrrole nitrogens is 1. The van der Waals surface area contributed by atoms with Crippen LogP contribution in [0.3, 0.4) is 0 Å². The summed E-state index contributed by atoms with van der Waals surface area (Å²) < 4.78 is 19.1. The predicted octanol–water partition coefficient (Wildman–Crippen LogP) is 1.93. The minimum absolute atomic E-state index is 0.0157. The van der Waals surface area contributed by atoms with Gasteiger partial charge in [0, 0.05) is 6.20 Å². The molecular weight excluding hydrogens is 325 g/mol. The van der Waals surface area contributed by atoms with Crippen LogP contribution in [0.4, 0.5) is 4.39 Å². The number of nitrogens with one attached hydrogen (secondary N) is 1. The Morgan fingerprint density at radius 1 is 1.35 bits per heavy atom. The molecule has 0 unspecified atom stereocenters. The zero-order chi connectivity index (χ0) is 16.6. The number of halogens is 2. The first-order valence-electron chi connectivity index (χ1n) is 6.60. The van der Waals surface area contributed by atoms with Gasteiger partial charge in [-0.2, -0.15) is 0 Å². The fourth-order valence-corrected chi connectivity index (χ4v) is 2.52. The maximum atomic E-state index is 13.2. The Hall–Kier alpha value is -2.67. The van der Waals surface area contributed by atoms with E-state index in [0.717, 1.165) is 16.7 Å². The molecule has 0 bridgehead atoms. The van der Waals surface area contributed by atoms with Crippen molar-refractivity contribution in [2.24, 2.45) is 0 Å². The highest BCUT2D eigenvalue weighted by Crippen LogP contribution is 2.21. The second kappa shape index (κ2) is 5.85. The van der Waals surface area contributed by atoms with Gasteiger partial charge in [-0.15, -0.1) is 0 Å². The molecule has 6 nitrogen and oxygen atoms in total. The van der Waals surface area contributed by atoms with Crippen molar-refractivity contribution in [2.45, 2.75) is 6.54 Å². The quantitative estimate of drug-likeness (QED) is 0.793.